The van der Waals surface area contributed by atoms with Crippen molar-refractivity contribution in [3.63, 3.8) is 0 Å². The van der Waals surface area contributed by atoms with Gasteiger partial charge in [-0.25, -0.2) is 0 Å². The van der Waals surface area contributed by atoms with Gasteiger partial charge in [0.05, 0.1) is 6.42 Å². The second-order valence-corrected chi connectivity index (χ2v) is 4.91. The number of halogens is 1. The maximum atomic E-state index is 11.8. The molecule has 92 valence electrons. The zero-order valence-electron chi connectivity index (χ0n) is 9.58. The molecule has 0 saturated heterocycles. The molecular weight excluding hydrogens is 238 g/mol. The second kappa shape index (κ2) is 5.41. The van der Waals surface area contributed by atoms with E-state index in [4.69, 9.17) is 11.6 Å². The molecule has 1 aromatic rings. The van der Waals surface area contributed by atoms with Crippen LogP contribution in [0.5, 0.6) is 5.75 Å². The standard InChI is InChI=1S/C13H16ClNO2/c14-12-6-5-11(16)7-9(12)8-13(17)15-10-3-1-2-4-10/h5-7,10,16H,1-4,8H2,(H,15,17). The number of amides is 1. The van der Waals surface area contributed by atoms with Crippen molar-refractivity contribution >= 4 is 17.5 Å². The molecule has 1 aliphatic carbocycles. The van der Waals surface area contributed by atoms with Crippen molar-refractivity contribution in [1.82, 2.24) is 5.32 Å². The Kier molecular flexibility index (Phi) is 3.89. The number of hydrogen-bond acceptors (Lipinski definition) is 2. The largest absolute Gasteiger partial charge is 0.508 e. The number of carbonyl (C=O) groups excluding carboxylic acids is 1. The summed E-state index contributed by atoms with van der Waals surface area (Å²) < 4.78 is 0. The molecule has 0 spiro atoms. The molecule has 1 aliphatic rings. The molecule has 0 heterocycles. The number of rotatable bonds is 3. The monoisotopic (exact) mass is 253 g/mol. The molecule has 1 aromatic carbocycles. The van der Waals surface area contributed by atoms with E-state index in [0.717, 1.165) is 12.8 Å². The molecule has 1 saturated carbocycles. The third kappa shape index (κ3) is 3.37. The molecule has 0 bridgehead atoms. The molecular formula is C13H16ClNO2. The lowest BCUT2D eigenvalue weighted by Gasteiger charge is -2.12. The predicted octanol–water partition coefficient (Wildman–Crippen LogP) is 2.65. The molecule has 3 nitrogen and oxygen atoms in total. The van der Waals surface area contributed by atoms with Gasteiger partial charge in [-0.2, -0.15) is 0 Å². The Morgan fingerprint density at radius 1 is 1.41 bits per heavy atom. The number of nitrogens with one attached hydrogen (secondary N) is 1. The molecule has 4 heteroatoms. The van der Waals surface area contributed by atoms with Crippen molar-refractivity contribution in [3.05, 3.63) is 28.8 Å². The minimum atomic E-state index is -0.0237. The third-order valence-corrected chi connectivity index (χ3v) is 3.47. The molecule has 0 aromatic heterocycles. The van der Waals surface area contributed by atoms with Crippen LogP contribution < -0.4 is 5.32 Å². The first-order chi connectivity index (χ1) is 8.15. The summed E-state index contributed by atoms with van der Waals surface area (Å²) in [5.41, 5.74) is 0.669. The van der Waals surface area contributed by atoms with Crippen molar-refractivity contribution in [2.24, 2.45) is 0 Å². The number of aromatic hydroxyl groups is 1. The number of benzene rings is 1. The van der Waals surface area contributed by atoms with Gasteiger partial charge in [-0.1, -0.05) is 24.4 Å². The zero-order chi connectivity index (χ0) is 12.3. The first-order valence-corrected chi connectivity index (χ1v) is 6.29. The van der Waals surface area contributed by atoms with Crippen LogP contribution in [0.15, 0.2) is 18.2 Å². The second-order valence-electron chi connectivity index (χ2n) is 4.50. The molecule has 1 amide bonds. The van der Waals surface area contributed by atoms with Crippen LogP contribution >= 0.6 is 11.6 Å². The molecule has 2 N–H and O–H groups in total. The Balaban J connectivity index is 1.95. The zero-order valence-corrected chi connectivity index (χ0v) is 10.3. The number of hydrogen-bond donors (Lipinski definition) is 2. The van der Waals surface area contributed by atoms with Gasteiger partial charge in [0.15, 0.2) is 0 Å². The summed E-state index contributed by atoms with van der Waals surface area (Å²) >= 11 is 5.97. The third-order valence-electron chi connectivity index (χ3n) is 3.10. The smallest absolute Gasteiger partial charge is 0.224 e. The van der Waals surface area contributed by atoms with E-state index in [0.29, 0.717) is 16.6 Å². The summed E-state index contributed by atoms with van der Waals surface area (Å²) in [6.45, 7) is 0. The summed E-state index contributed by atoms with van der Waals surface area (Å²) in [6, 6.07) is 4.98. The van der Waals surface area contributed by atoms with Gasteiger partial charge in [0.2, 0.25) is 5.91 Å². The van der Waals surface area contributed by atoms with Crippen LogP contribution in [0.25, 0.3) is 0 Å². The Morgan fingerprint density at radius 2 is 2.12 bits per heavy atom. The lowest BCUT2D eigenvalue weighted by molar-refractivity contribution is -0.121. The van der Waals surface area contributed by atoms with E-state index < -0.39 is 0 Å². The fourth-order valence-electron chi connectivity index (χ4n) is 2.22. The molecule has 0 aliphatic heterocycles. The quantitative estimate of drug-likeness (QED) is 0.870. The maximum absolute atomic E-state index is 11.8. The van der Waals surface area contributed by atoms with Crippen molar-refractivity contribution in [2.75, 3.05) is 0 Å². The summed E-state index contributed by atoms with van der Waals surface area (Å²) in [5, 5.41) is 12.9. The van der Waals surface area contributed by atoms with Crippen LogP contribution in [-0.4, -0.2) is 17.1 Å². The molecule has 2 rings (SSSR count). The fraction of sp³-hybridized carbons (Fsp3) is 0.462. The van der Waals surface area contributed by atoms with E-state index in [1.165, 1.54) is 25.0 Å². The SMILES string of the molecule is O=C(Cc1cc(O)ccc1Cl)NC1CCCC1. The van der Waals surface area contributed by atoms with Gasteiger partial charge in [0, 0.05) is 11.1 Å². The first kappa shape index (κ1) is 12.2. The predicted molar refractivity (Wildman–Crippen MR) is 67.2 cm³/mol. The van der Waals surface area contributed by atoms with Crippen LogP contribution in [0, 0.1) is 0 Å². The highest BCUT2D eigenvalue weighted by Crippen LogP contribution is 2.22. The van der Waals surface area contributed by atoms with Gasteiger partial charge in [0.25, 0.3) is 0 Å². The lowest BCUT2D eigenvalue weighted by Crippen LogP contribution is -2.33. The van der Waals surface area contributed by atoms with Gasteiger partial charge in [-0.3, -0.25) is 4.79 Å². The van der Waals surface area contributed by atoms with Gasteiger partial charge >= 0.3 is 0 Å². The highest BCUT2D eigenvalue weighted by Gasteiger charge is 2.17. The van der Waals surface area contributed by atoms with E-state index in [1.54, 1.807) is 6.07 Å². The van der Waals surface area contributed by atoms with Crippen LogP contribution in [0.3, 0.4) is 0 Å². The lowest BCUT2D eigenvalue weighted by atomic mass is 10.1. The van der Waals surface area contributed by atoms with Crippen LogP contribution in [0.1, 0.15) is 31.2 Å². The van der Waals surface area contributed by atoms with Gasteiger partial charge in [-0.05, 0) is 36.6 Å². The van der Waals surface area contributed by atoms with Crippen molar-refractivity contribution in [1.29, 1.82) is 0 Å². The summed E-state index contributed by atoms with van der Waals surface area (Å²) in [6.07, 6.45) is 4.75. The van der Waals surface area contributed by atoms with Gasteiger partial charge in [0.1, 0.15) is 5.75 Å². The number of phenols is 1. The normalized spacial score (nSPS) is 16.1. The Hall–Kier alpha value is -1.22. The fourth-order valence-corrected chi connectivity index (χ4v) is 2.40. The molecule has 0 unspecified atom stereocenters. The van der Waals surface area contributed by atoms with E-state index in [-0.39, 0.29) is 18.1 Å². The Labute approximate surface area is 106 Å². The van der Waals surface area contributed by atoms with Crippen LogP contribution in [-0.2, 0) is 11.2 Å². The van der Waals surface area contributed by atoms with Crippen molar-refractivity contribution < 1.29 is 9.90 Å². The highest BCUT2D eigenvalue weighted by molar-refractivity contribution is 6.31. The van der Waals surface area contributed by atoms with E-state index in [2.05, 4.69) is 5.32 Å². The molecule has 17 heavy (non-hydrogen) atoms. The Morgan fingerprint density at radius 3 is 2.82 bits per heavy atom. The molecule has 0 atom stereocenters. The molecule has 0 radical (unpaired) electrons. The van der Waals surface area contributed by atoms with Gasteiger partial charge in [-0.15, -0.1) is 0 Å². The van der Waals surface area contributed by atoms with Crippen molar-refractivity contribution in [3.8, 4) is 5.75 Å². The number of carbonyl (C=O) groups is 1. The minimum absolute atomic E-state index is 0.0237. The average molecular weight is 254 g/mol. The minimum Gasteiger partial charge on any atom is -0.508 e. The molecule has 1 fully saturated rings. The Bertz CT molecular complexity index is 414. The highest BCUT2D eigenvalue weighted by atomic mass is 35.5. The summed E-state index contributed by atoms with van der Waals surface area (Å²) in [7, 11) is 0. The van der Waals surface area contributed by atoms with Gasteiger partial charge < -0.3 is 10.4 Å². The summed E-state index contributed by atoms with van der Waals surface area (Å²) in [5.74, 6) is 0.113. The van der Waals surface area contributed by atoms with E-state index in [1.807, 2.05) is 0 Å². The summed E-state index contributed by atoms with van der Waals surface area (Å²) in [4.78, 5) is 11.8. The maximum Gasteiger partial charge on any atom is 0.224 e. The van der Waals surface area contributed by atoms with E-state index in [9.17, 15) is 9.90 Å². The van der Waals surface area contributed by atoms with Crippen molar-refractivity contribution in [2.45, 2.75) is 38.1 Å². The topological polar surface area (TPSA) is 49.3 Å². The number of phenolic OH excluding ortho intramolecular Hbond substituents is 1. The van der Waals surface area contributed by atoms with E-state index >= 15 is 0 Å². The van der Waals surface area contributed by atoms with Crippen LogP contribution in [0.2, 0.25) is 5.02 Å². The first-order valence-electron chi connectivity index (χ1n) is 5.92. The average Bonchev–Trinajstić information content (AvgIpc) is 2.76. The van der Waals surface area contributed by atoms with Crippen LogP contribution in [0.4, 0.5) is 0 Å².